The second-order valence-corrected chi connectivity index (χ2v) is 9.29. The Labute approximate surface area is 210 Å². The molecule has 9 heteroatoms. The summed E-state index contributed by atoms with van der Waals surface area (Å²) < 4.78 is 25.5. The van der Waals surface area contributed by atoms with E-state index in [1.165, 1.54) is 12.1 Å². The monoisotopic (exact) mass is 497 g/mol. The summed E-state index contributed by atoms with van der Waals surface area (Å²) >= 11 is 0. The van der Waals surface area contributed by atoms with E-state index in [2.05, 4.69) is 10.6 Å². The molecule has 3 amide bonds. The third-order valence-electron chi connectivity index (χ3n) is 6.56. The molecule has 0 aromatic heterocycles. The highest BCUT2D eigenvalue weighted by Crippen LogP contribution is 2.32. The minimum absolute atomic E-state index is 0.100. The van der Waals surface area contributed by atoms with Crippen LogP contribution in [0.2, 0.25) is 0 Å². The van der Waals surface area contributed by atoms with Gasteiger partial charge in [-0.2, -0.15) is 0 Å². The molecule has 1 fully saturated rings. The number of halogens is 1. The Bertz CT molecular complexity index is 1120. The van der Waals surface area contributed by atoms with Crippen molar-refractivity contribution in [3.05, 3.63) is 59.4 Å². The van der Waals surface area contributed by atoms with Crippen LogP contribution in [0.3, 0.4) is 0 Å². The number of ether oxygens (including phenoxy) is 2. The van der Waals surface area contributed by atoms with E-state index in [4.69, 9.17) is 9.47 Å². The van der Waals surface area contributed by atoms with E-state index in [0.717, 1.165) is 6.42 Å². The molecule has 2 aliphatic heterocycles. The number of hydrogen-bond donors (Lipinski definition) is 2. The van der Waals surface area contributed by atoms with Crippen LogP contribution in [0.5, 0.6) is 5.75 Å². The summed E-state index contributed by atoms with van der Waals surface area (Å²) in [4.78, 5) is 39.4. The van der Waals surface area contributed by atoms with Gasteiger partial charge in [0.1, 0.15) is 24.3 Å². The molecule has 2 aliphatic rings. The molecule has 192 valence electrons. The molecule has 2 aromatic carbocycles. The van der Waals surface area contributed by atoms with Crippen LogP contribution in [0.15, 0.2) is 42.5 Å². The number of fused-ring (bicyclic) bond motifs is 2. The number of likely N-dealkylation sites (N-methyl/N-ethyl adjacent to an activating group) is 1. The van der Waals surface area contributed by atoms with Gasteiger partial charge in [0.25, 0.3) is 5.91 Å². The molecule has 0 radical (unpaired) electrons. The number of benzene rings is 2. The number of anilines is 1. The van der Waals surface area contributed by atoms with Crippen LogP contribution < -0.4 is 15.4 Å². The van der Waals surface area contributed by atoms with Gasteiger partial charge in [0.05, 0.1) is 24.1 Å². The Morgan fingerprint density at radius 2 is 1.97 bits per heavy atom. The molecule has 0 aliphatic carbocycles. The van der Waals surface area contributed by atoms with Gasteiger partial charge in [-0.05, 0) is 55.2 Å². The second-order valence-electron chi connectivity index (χ2n) is 9.29. The fraction of sp³-hybridized carbons (Fsp3) is 0.444. The highest BCUT2D eigenvalue weighted by molar-refractivity contribution is 5.99. The molecule has 0 spiro atoms. The zero-order chi connectivity index (χ0) is 25.7. The van der Waals surface area contributed by atoms with Gasteiger partial charge >= 0.3 is 0 Å². The third kappa shape index (κ3) is 6.20. The van der Waals surface area contributed by atoms with Gasteiger partial charge in [0.2, 0.25) is 11.8 Å². The number of carbonyl (C=O) groups is 3. The Hall–Kier alpha value is -3.46. The van der Waals surface area contributed by atoms with Crippen LogP contribution in [-0.4, -0.2) is 54.5 Å². The molecule has 0 bridgehead atoms. The van der Waals surface area contributed by atoms with Crippen molar-refractivity contribution in [3.8, 4) is 5.75 Å². The number of amides is 3. The lowest BCUT2D eigenvalue weighted by Gasteiger charge is -2.42. The van der Waals surface area contributed by atoms with Crippen molar-refractivity contribution in [1.29, 1.82) is 0 Å². The normalized spacial score (nSPS) is 21.4. The number of hydrogen-bond acceptors (Lipinski definition) is 5. The van der Waals surface area contributed by atoms with Crippen molar-refractivity contribution in [2.24, 2.45) is 0 Å². The van der Waals surface area contributed by atoms with Gasteiger partial charge in [0, 0.05) is 25.7 Å². The predicted octanol–water partition coefficient (Wildman–Crippen LogP) is 3.65. The minimum atomic E-state index is -0.384. The number of nitrogens with zero attached hydrogens (tertiary/aromatic N) is 1. The molecule has 3 atom stereocenters. The highest BCUT2D eigenvalue weighted by atomic mass is 19.1. The zero-order valence-corrected chi connectivity index (χ0v) is 20.6. The zero-order valence-electron chi connectivity index (χ0n) is 20.6. The molecule has 2 N–H and O–H groups in total. The van der Waals surface area contributed by atoms with Gasteiger partial charge < -0.3 is 25.0 Å². The Morgan fingerprint density at radius 3 is 2.75 bits per heavy atom. The lowest BCUT2D eigenvalue weighted by atomic mass is 9.94. The first-order valence-corrected chi connectivity index (χ1v) is 12.3. The van der Waals surface area contributed by atoms with Crippen LogP contribution >= 0.6 is 0 Å². The second kappa shape index (κ2) is 11.5. The predicted molar refractivity (Wildman–Crippen MR) is 132 cm³/mol. The van der Waals surface area contributed by atoms with Crippen molar-refractivity contribution < 1.29 is 28.2 Å². The Kier molecular flexibility index (Phi) is 8.20. The molecule has 0 unspecified atom stereocenters. The van der Waals surface area contributed by atoms with Crippen molar-refractivity contribution in [3.63, 3.8) is 0 Å². The fourth-order valence-electron chi connectivity index (χ4n) is 4.68. The lowest BCUT2D eigenvalue weighted by Crippen LogP contribution is -2.53. The van der Waals surface area contributed by atoms with Crippen LogP contribution in [0.25, 0.3) is 0 Å². The molecule has 4 rings (SSSR count). The van der Waals surface area contributed by atoms with Gasteiger partial charge in [-0.1, -0.05) is 19.1 Å². The fourth-order valence-corrected chi connectivity index (χ4v) is 4.68. The van der Waals surface area contributed by atoms with Gasteiger partial charge in [-0.25, -0.2) is 4.39 Å². The first kappa shape index (κ1) is 25.6. The SMILES string of the molecule is CCCC(=O)Nc1ccc2c(c1)C(=O)N(C)[C@@H]1CC[C@H](CC(=O)NCc3cccc(F)c3)O[C@@H]1CO2. The molecule has 2 heterocycles. The molecule has 1 saturated heterocycles. The molecular weight excluding hydrogens is 465 g/mol. The first-order chi connectivity index (χ1) is 17.3. The summed E-state index contributed by atoms with van der Waals surface area (Å²) in [6, 6.07) is 11.0. The van der Waals surface area contributed by atoms with Crippen molar-refractivity contribution in [1.82, 2.24) is 10.2 Å². The standard InChI is InChI=1S/C27H32FN3O5/c1-3-5-25(32)30-19-8-11-23-21(13-19)27(34)31(2)22-10-9-20(36-24(22)16-35-23)14-26(33)29-15-17-6-4-7-18(28)12-17/h4,6-8,11-13,20,22,24H,3,5,9-10,14-16H2,1-2H3,(H,29,33)(H,30,32)/t20-,22-,24-/m1/s1. The van der Waals surface area contributed by atoms with E-state index in [1.807, 2.05) is 6.92 Å². The molecule has 8 nitrogen and oxygen atoms in total. The van der Waals surface area contributed by atoms with Crippen LogP contribution in [0.4, 0.5) is 10.1 Å². The minimum Gasteiger partial charge on any atom is -0.490 e. The highest BCUT2D eigenvalue weighted by Gasteiger charge is 2.39. The number of carbonyl (C=O) groups excluding carboxylic acids is 3. The van der Waals surface area contributed by atoms with E-state index in [9.17, 15) is 18.8 Å². The van der Waals surface area contributed by atoms with E-state index in [1.54, 1.807) is 42.3 Å². The van der Waals surface area contributed by atoms with E-state index in [-0.39, 0.29) is 61.4 Å². The molecule has 0 saturated carbocycles. The summed E-state index contributed by atoms with van der Waals surface area (Å²) in [5.41, 5.74) is 1.64. The number of rotatable bonds is 7. The van der Waals surface area contributed by atoms with Crippen molar-refractivity contribution >= 4 is 23.4 Å². The van der Waals surface area contributed by atoms with Crippen LogP contribution in [-0.2, 0) is 20.9 Å². The average molecular weight is 498 g/mol. The average Bonchev–Trinajstić information content (AvgIpc) is 2.85. The summed E-state index contributed by atoms with van der Waals surface area (Å²) in [7, 11) is 1.74. The Balaban J connectivity index is 1.37. The lowest BCUT2D eigenvalue weighted by molar-refractivity contribution is -0.134. The van der Waals surface area contributed by atoms with Crippen LogP contribution in [0.1, 0.15) is 54.9 Å². The maximum Gasteiger partial charge on any atom is 0.257 e. The van der Waals surface area contributed by atoms with Gasteiger partial charge in [0.15, 0.2) is 0 Å². The van der Waals surface area contributed by atoms with Crippen LogP contribution in [0, 0.1) is 5.82 Å². The maximum atomic E-state index is 13.3. The summed E-state index contributed by atoms with van der Waals surface area (Å²) in [5.74, 6) is -0.400. The summed E-state index contributed by atoms with van der Waals surface area (Å²) in [6.45, 7) is 2.41. The molecular formula is C27H32FN3O5. The quantitative estimate of drug-likeness (QED) is 0.609. The maximum absolute atomic E-state index is 13.3. The van der Waals surface area contributed by atoms with Crippen molar-refractivity contribution in [2.75, 3.05) is 19.0 Å². The molecule has 2 aromatic rings. The van der Waals surface area contributed by atoms with E-state index >= 15 is 0 Å². The van der Waals surface area contributed by atoms with Gasteiger partial charge in [-0.3, -0.25) is 14.4 Å². The topological polar surface area (TPSA) is 97.0 Å². The first-order valence-electron chi connectivity index (χ1n) is 12.3. The van der Waals surface area contributed by atoms with Crippen molar-refractivity contribution in [2.45, 2.75) is 63.8 Å². The number of nitrogens with one attached hydrogen (secondary N) is 2. The Morgan fingerprint density at radius 1 is 1.14 bits per heavy atom. The largest absolute Gasteiger partial charge is 0.490 e. The van der Waals surface area contributed by atoms with E-state index < -0.39 is 0 Å². The van der Waals surface area contributed by atoms with Gasteiger partial charge in [-0.15, -0.1) is 0 Å². The summed E-state index contributed by atoms with van der Waals surface area (Å²) in [6.07, 6.45) is 1.92. The van der Waals surface area contributed by atoms with E-state index in [0.29, 0.717) is 41.8 Å². The smallest absolute Gasteiger partial charge is 0.257 e. The third-order valence-corrected chi connectivity index (χ3v) is 6.56. The summed E-state index contributed by atoms with van der Waals surface area (Å²) in [5, 5.41) is 5.63. The molecule has 36 heavy (non-hydrogen) atoms.